The SMILES string of the molecule is CC(CC(=O)OC(C)(C)C)N1CCCC(N)C1. The van der Waals surface area contributed by atoms with E-state index in [0.717, 1.165) is 25.9 Å². The van der Waals surface area contributed by atoms with Crippen LogP contribution >= 0.6 is 0 Å². The summed E-state index contributed by atoms with van der Waals surface area (Å²) in [6.45, 7) is 9.69. The number of esters is 1. The van der Waals surface area contributed by atoms with Crippen molar-refractivity contribution < 1.29 is 9.53 Å². The number of hydrogen-bond donors (Lipinski definition) is 1. The van der Waals surface area contributed by atoms with E-state index in [4.69, 9.17) is 10.5 Å². The van der Waals surface area contributed by atoms with Gasteiger partial charge in [-0.1, -0.05) is 0 Å². The number of likely N-dealkylation sites (tertiary alicyclic amines) is 1. The highest BCUT2D eigenvalue weighted by atomic mass is 16.6. The molecule has 100 valence electrons. The largest absolute Gasteiger partial charge is 0.460 e. The Morgan fingerprint density at radius 1 is 1.53 bits per heavy atom. The second kappa shape index (κ2) is 5.83. The topological polar surface area (TPSA) is 55.6 Å². The Labute approximate surface area is 104 Å². The molecule has 1 rings (SSSR count). The van der Waals surface area contributed by atoms with E-state index in [1.54, 1.807) is 0 Å². The first-order valence-corrected chi connectivity index (χ1v) is 6.49. The Balaban J connectivity index is 2.37. The highest BCUT2D eigenvalue weighted by molar-refractivity contribution is 5.70. The lowest BCUT2D eigenvalue weighted by molar-refractivity contribution is -0.156. The van der Waals surface area contributed by atoms with Crippen LogP contribution in [0, 0.1) is 0 Å². The second-order valence-electron chi connectivity index (χ2n) is 6.04. The molecular formula is C13H26N2O2. The van der Waals surface area contributed by atoms with Crippen molar-refractivity contribution >= 4 is 5.97 Å². The molecule has 1 aliphatic rings. The van der Waals surface area contributed by atoms with Gasteiger partial charge in [-0.2, -0.15) is 0 Å². The summed E-state index contributed by atoms with van der Waals surface area (Å²) in [5, 5.41) is 0. The van der Waals surface area contributed by atoms with Crippen LogP contribution in [-0.4, -0.2) is 41.6 Å². The van der Waals surface area contributed by atoms with E-state index < -0.39 is 5.60 Å². The van der Waals surface area contributed by atoms with Gasteiger partial charge >= 0.3 is 5.97 Å². The Morgan fingerprint density at radius 3 is 2.71 bits per heavy atom. The molecule has 0 aromatic rings. The van der Waals surface area contributed by atoms with Crippen molar-refractivity contribution in [1.82, 2.24) is 4.90 Å². The number of rotatable bonds is 3. The summed E-state index contributed by atoms with van der Waals surface area (Å²) < 4.78 is 5.33. The molecule has 0 aliphatic carbocycles. The van der Waals surface area contributed by atoms with Gasteiger partial charge in [-0.15, -0.1) is 0 Å². The minimum absolute atomic E-state index is 0.121. The Morgan fingerprint density at radius 2 is 2.18 bits per heavy atom. The quantitative estimate of drug-likeness (QED) is 0.763. The van der Waals surface area contributed by atoms with Crippen LogP contribution in [0.1, 0.15) is 47.0 Å². The van der Waals surface area contributed by atoms with Crippen molar-refractivity contribution in [3.8, 4) is 0 Å². The van der Waals surface area contributed by atoms with Crippen LogP contribution < -0.4 is 5.73 Å². The van der Waals surface area contributed by atoms with E-state index >= 15 is 0 Å². The molecule has 2 N–H and O–H groups in total. The van der Waals surface area contributed by atoms with E-state index in [-0.39, 0.29) is 18.1 Å². The van der Waals surface area contributed by atoms with Crippen LogP contribution in [0.4, 0.5) is 0 Å². The predicted molar refractivity (Wildman–Crippen MR) is 68.7 cm³/mol. The van der Waals surface area contributed by atoms with Gasteiger partial charge in [0, 0.05) is 18.6 Å². The number of piperidine rings is 1. The maximum Gasteiger partial charge on any atom is 0.307 e. The lowest BCUT2D eigenvalue weighted by Gasteiger charge is -2.35. The molecule has 1 heterocycles. The van der Waals surface area contributed by atoms with Gasteiger partial charge in [-0.3, -0.25) is 9.69 Å². The molecule has 1 saturated heterocycles. The van der Waals surface area contributed by atoms with Gasteiger partial charge in [0.15, 0.2) is 0 Å². The number of carbonyl (C=O) groups excluding carboxylic acids is 1. The third kappa shape index (κ3) is 5.50. The molecule has 0 bridgehead atoms. The fraction of sp³-hybridized carbons (Fsp3) is 0.923. The van der Waals surface area contributed by atoms with Crippen LogP contribution in [0.5, 0.6) is 0 Å². The molecule has 1 aliphatic heterocycles. The fourth-order valence-electron chi connectivity index (χ4n) is 2.19. The maximum atomic E-state index is 11.7. The fourth-order valence-corrected chi connectivity index (χ4v) is 2.19. The molecule has 0 saturated carbocycles. The van der Waals surface area contributed by atoms with Crippen molar-refractivity contribution in [3.05, 3.63) is 0 Å². The van der Waals surface area contributed by atoms with E-state index in [1.165, 1.54) is 0 Å². The first-order chi connectivity index (χ1) is 7.78. The Kier molecular flexibility index (Phi) is 4.95. The van der Waals surface area contributed by atoms with E-state index in [9.17, 15) is 4.79 Å². The lowest BCUT2D eigenvalue weighted by Crippen LogP contribution is -2.47. The Bertz CT molecular complexity index is 261. The van der Waals surface area contributed by atoms with E-state index in [0.29, 0.717) is 6.42 Å². The molecule has 1 fully saturated rings. The van der Waals surface area contributed by atoms with Crippen LogP contribution in [0.25, 0.3) is 0 Å². The number of hydrogen-bond acceptors (Lipinski definition) is 4. The molecule has 17 heavy (non-hydrogen) atoms. The van der Waals surface area contributed by atoms with Gasteiger partial charge in [0.05, 0.1) is 6.42 Å². The van der Waals surface area contributed by atoms with Crippen molar-refractivity contribution in [2.24, 2.45) is 5.73 Å². The van der Waals surface area contributed by atoms with Crippen LogP contribution in [0.2, 0.25) is 0 Å². The third-order valence-electron chi connectivity index (χ3n) is 2.99. The normalized spacial score (nSPS) is 24.4. The zero-order valence-electron chi connectivity index (χ0n) is 11.5. The number of carbonyl (C=O) groups is 1. The molecule has 0 aromatic heterocycles. The van der Waals surface area contributed by atoms with Gasteiger partial charge in [0.1, 0.15) is 5.60 Å². The van der Waals surface area contributed by atoms with Crippen molar-refractivity contribution in [2.75, 3.05) is 13.1 Å². The zero-order valence-corrected chi connectivity index (χ0v) is 11.5. The maximum absolute atomic E-state index is 11.7. The minimum atomic E-state index is -0.394. The summed E-state index contributed by atoms with van der Waals surface area (Å²) in [5.41, 5.74) is 5.54. The average Bonchev–Trinajstić information content (AvgIpc) is 2.14. The smallest absolute Gasteiger partial charge is 0.307 e. The summed E-state index contributed by atoms with van der Waals surface area (Å²) in [6, 6.07) is 0.473. The van der Waals surface area contributed by atoms with Crippen molar-refractivity contribution in [1.29, 1.82) is 0 Å². The van der Waals surface area contributed by atoms with Crippen LogP contribution in [0.3, 0.4) is 0 Å². The monoisotopic (exact) mass is 242 g/mol. The first kappa shape index (κ1) is 14.5. The van der Waals surface area contributed by atoms with E-state index in [2.05, 4.69) is 11.8 Å². The molecule has 0 aromatic carbocycles. The molecule has 4 nitrogen and oxygen atoms in total. The molecule has 4 heteroatoms. The second-order valence-corrected chi connectivity index (χ2v) is 6.04. The summed E-state index contributed by atoms with van der Waals surface area (Å²) >= 11 is 0. The van der Waals surface area contributed by atoms with Gasteiger partial charge in [0.2, 0.25) is 0 Å². The highest BCUT2D eigenvalue weighted by Gasteiger charge is 2.25. The van der Waals surface area contributed by atoms with Crippen molar-refractivity contribution in [3.63, 3.8) is 0 Å². The number of nitrogens with zero attached hydrogens (tertiary/aromatic N) is 1. The summed E-state index contributed by atoms with van der Waals surface area (Å²) in [7, 11) is 0. The van der Waals surface area contributed by atoms with Crippen LogP contribution in [-0.2, 0) is 9.53 Å². The third-order valence-corrected chi connectivity index (χ3v) is 2.99. The molecular weight excluding hydrogens is 216 g/mol. The average molecular weight is 242 g/mol. The summed E-state index contributed by atoms with van der Waals surface area (Å²) in [5.74, 6) is -0.121. The van der Waals surface area contributed by atoms with Crippen molar-refractivity contribution in [2.45, 2.75) is 64.6 Å². The van der Waals surface area contributed by atoms with Gasteiger partial charge in [-0.05, 0) is 47.1 Å². The predicted octanol–water partition coefficient (Wildman–Crippen LogP) is 1.53. The minimum Gasteiger partial charge on any atom is -0.460 e. The molecule has 0 radical (unpaired) electrons. The Hall–Kier alpha value is -0.610. The molecule has 0 spiro atoms. The number of nitrogens with two attached hydrogens (primary N) is 1. The first-order valence-electron chi connectivity index (χ1n) is 6.49. The lowest BCUT2D eigenvalue weighted by atomic mass is 10.0. The highest BCUT2D eigenvalue weighted by Crippen LogP contribution is 2.15. The van der Waals surface area contributed by atoms with E-state index in [1.807, 2.05) is 20.8 Å². The molecule has 0 amide bonds. The molecule has 2 unspecified atom stereocenters. The number of ether oxygens (including phenoxy) is 1. The van der Waals surface area contributed by atoms with Gasteiger partial charge < -0.3 is 10.5 Å². The standard InChI is InChI=1S/C13H26N2O2/c1-10(8-12(16)17-13(2,3)4)15-7-5-6-11(14)9-15/h10-11H,5-9,14H2,1-4H3. The summed E-state index contributed by atoms with van der Waals surface area (Å²) in [4.78, 5) is 14.0. The van der Waals surface area contributed by atoms with Gasteiger partial charge in [0.25, 0.3) is 0 Å². The molecule has 2 atom stereocenters. The summed E-state index contributed by atoms with van der Waals surface area (Å²) in [6.07, 6.45) is 2.67. The van der Waals surface area contributed by atoms with Crippen LogP contribution in [0.15, 0.2) is 0 Å². The zero-order chi connectivity index (χ0) is 13.1. The van der Waals surface area contributed by atoms with Gasteiger partial charge in [-0.25, -0.2) is 0 Å².